The van der Waals surface area contributed by atoms with Gasteiger partial charge in [0, 0.05) is 18.6 Å². The van der Waals surface area contributed by atoms with Gasteiger partial charge in [0.05, 0.1) is 0 Å². The molecular formula is C17H26F2N2. The van der Waals surface area contributed by atoms with Gasteiger partial charge in [0.15, 0.2) is 11.6 Å². The minimum absolute atomic E-state index is 0.0926. The van der Waals surface area contributed by atoms with E-state index < -0.39 is 11.6 Å². The molecule has 0 saturated carbocycles. The van der Waals surface area contributed by atoms with Gasteiger partial charge in [-0.2, -0.15) is 0 Å². The monoisotopic (exact) mass is 296 g/mol. The van der Waals surface area contributed by atoms with Crippen LogP contribution in [0.3, 0.4) is 0 Å². The highest BCUT2D eigenvalue weighted by Gasteiger charge is 2.24. The van der Waals surface area contributed by atoms with Gasteiger partial charge in [0.25, 0.3) is 0 Å². The highest BCUT2D eigenvalue weighted by Crippen LogP contribution is 2.26. The molecule has 1 aromatic carbocycles. The van der Waals surface area contributed by atoms with Crippen molar-refractivity contribution in [3.05, 3.63) is 35.4 Å². The van der Waals surface area contributed by atoms with Crippen LogP contribution in [0.5, 0.6) is 0 Å². The molecule has 2 nitrogen and oxygen atoms in total. The summed E-state index contributed by atoms with van der Waals surface area (Å²) in [6.07, 6.45) is 2.38. The standard InChI is InChI=1S/C17H26F2N2/c1-12(2)21(11-14-6-8-20-9-7-14)13(3)15-4-5-16(18)17(19)10-15/h4-5,10,12-14,20H,6-9,11H2,1-3H3. The van der Waals surface area contributed by atoms with Crippen LogP contribution < -0.4 is 5.32 Å². The zero-order chi connectivity index (χ0) is 15.4. The molecule has 1 atom stereocenters. The molecule has 0 amide bonds. The Balaban J connectivity index is 2.10. The summed E-state index contributed by atoms with van der Waals surface area (Å²) in [5.74, 6) is -0.855. The average molecular weight is 296 g/mol. The van der Waals surface area contributed by atoms with Crippen molar-refractivity contribution in [2.75, 3.05) is 19.6 Å². The molecule has 0 aliphatic carbocycles. The topological polar surface area (TPSA) is 15.3 Å². The van der Waals surface area contributed by atoms with Crippen LogP contribution in [0.15, 0.2) is 18.2 Å². The van der Waals surface area contributed by atoms with Crippen LogP contribution in [0, 0.1) is 17.6 Å². The molecule has 1 aromatic rings. The first-order valence-electron chi connectivity index (χ1n) is 7.90. The zero-order valence-electron chi connectivity index (χ0n) is 13.2. The minimum atomic E-state index is -0.777. The summed E-state index contributed by atoms with van der Waals surface area (Å²) in [4.78, 5) is 2.39. The molecule has 1 fully saturated rings. The molecule has 1 aliphatic rings. The maximum absolute atomic E-state index is 13.5. The highest BCUT2D eigenvalue weighted by atomic mass is 19.2. The molecule has 1 unspecified atom stereocenters. The fraction of sp³-hybridized carbons (Fsp3) is 0.647. The lowest BCUT2D eigenvalue weighted by atomic mass is 9.95. The lowest BCUT2D eigenvalue weighted by Crippen LogP contribution is -2.40. The van der Waals surface area contributed by atoms with Gasteiger partial charge in [0.1, 0.15) is 0 Å². The molecule has 1 heterocycles. The number of rotatable bonds is 5. The molecule has 0 aromatic heterocycles. The van der Waals surface area contributed by atoms with E-state index in [1.165, 1.54) is 25.0 Å². The van der Waals surface area contributed by atoms with Crippen LogP contribution in [0.1, 0.15) is 45.2 Å². The summed E-state index contributed by atoms with van der Waals surface area (Å²) in [6.45, 7) is 9.58. The third-order valence-corrected chi connectivity index (χ3v) is 4.51. The van der Waals surface area contributed by atoms with Gasteiger partial charge >= 0.3 is 0 Å². The molecule has 1 aliphatic heterocycles. The van der Waals surface area contributed by atoms with Crippen LogP contribution in [0.2, 0.25) is 0 Å². The third-order valence-electron chi connectivity index (χ3n) is 4.51. The Morgan fingerprint density at radius 1 is 1.14 bits per heavy atom. The summed E-state index contributed by atoms with van der Waals surface area (Å²) in [5, 5.41) is 3.38. The van der Waals surface area contributed by atoms with E-state index in [-0.39, 0.29) is 6.04 Å². The van der Waals surface area contributed by atoms with Crippen molar-refractivity contribution in [1.82, 2.24) is 10.2 Å². The van der Waals surface area contributed by atoms with Crippen LogP contribution in [-0.2, 0) is 0 Å². The summed E-state index contributed by atoms with van der Waals surface area (Å²) in [7, 11) is 0. The first-order valence-corrected chi connectivity index (χ1v) is 7.90. The molecule has 21 heavy (non-hydrogen) atoms. The van der Waals surface area contributed by atoms with Crippen molar-refractivity contribution < 1.29 is 8.78 Å². The lowest BCUT2D eigenvalue weighted by molar-refractivity contribution is 0.125. The molecule has 0 spiro atoms. The number of piperidine rings is 1. The van der Waals surface area contributed by atoms with Crippen LogP contribution in [0.4, 0.5) is 8.78 Å². The summed E-state index contributed by atoms with van der Waals surface area (Å²) < 4.78 is 26.6. The molecule has 4 heteroatoms. The van der Waals surface area contributed by atoms with Gasteiger partial charge in [-0.1, -0.05) is 6.07 Å². The Morgan fingerprint density at radius 2 is 1.81 bits per heavy atom. The SMILES string of the molecule is CC(C)N(CC1CCNCC1)C(C)c1ccc(F)c(F)c1. The van der Waals surface area contributed by atoms with E-state index in [9.17, 15) is 8.78 Å². The predicted molar refractivity (Wildman–Crippen MR) is 82.2 cm³/mol. The van der Waals surface area contributed by atoms with Crippen molar-refractivity contribution in [2.24, 2.45) is 5.92 Å². The number of halogens is 2. The second-order valence-corrected chi connectivity index (χ2v) is 6.33. The minimum Gasteiger partial charge on any atom is -0.317 e. The summed E-state index contributed by atoms with van der Waals surface area (Å²) >= 11 is 0. The fourth-order valence-electron chi connectivity index (χ4n) is 3.14. The number of hydrogen-bond donors (Lipinski definition) is 1. The van der Waals surface area contributed by atoms with Crippen molar-refractivity contribution in [2.45, 2.75) is 45.7 Å². The second kappa shape index (κ2) is 7.32. The van der Waals surface area contributed by atoms with Crippen LogP contribution in [0.25, 0.3) is 0 Å². The van der Waals surface area contributed by atoms with Crippen LogP contribution in [-0.4, -0.2) is 30.6 Å². The number of benzene rings is 1. The van der Waals surface area contributed by atoms with E-state index in [4.69, 9.17) is 0 Å². The van der Waals surface area contributed by atoms with Gasteiger partial charge < -0.3 is 5.32 Å². The van der Waals surface area contributed by atoms with Gasteiger partial charge in [-0.3, -0.25) is 4.90 Å². The van der Waals surface area contributed by atoms with E-state index >= 15 is 0 Å². The molecule has 0 bridgehead atoms. The first kappa shape index (κ1) is 16.4. The quantitative estimate of drug-likeness (QED) is 0.890. The maximum atomic E-state index is 13.5. The Morgan fingerprint density at radius 3 is 2.38 bits per heavy atom. The van der Waals surface area contributed by atoms with Crippen molar-refractivity contribution in [1.29, 1.82) is 0 Å². The molecule has 1 saturated heterocycles. The summed E-state index contributed by atoms with van der Waals surface area (Å²) in [5.41, 5.74) is 0.844. The van der Waals surface area contributed by atoms with E-state index in [1.807, 2.05) is 0 Å². The van der Waals surface area contributed by atoms with Gasteiger partial charge in [-0.05, 0) is 70.3 Å². The van der Waals surface area contributed by atoms with Gasteiger partial charge in [-0.15, -0.1) is 0 Å². The normalized spacial score (nSPS) is 18.4. The van der Waals surface area contributed by atoms with Crippen molar-refractivity contribution in [3.63, 3.8) is 0 Å². The van der Waals surface area contributed by atoms with Gasteiger partial charge in [0.2, 0.25) is 0 Å². The molecular weight excluding hydrogens is 270 g/mol. The Kier molecular flexibility index (Phi) is 5.71. The largest absolute Gasteiger partial charge is 0.317 e. The third kappa shape index (κ3) is 4.24. The zero-order valence-corrected chi connectivity index (χ0v) is 13.2. The molecule has 2 rings (SSSR count). The Labute approximate surface area is 126 Å². The number of nitrogens with one attached hydrogen (secondary N) is 1. The average Bonchev–Trinajstić information content (AvgIpc) is 2.47. The van der Waals surface area contributed by atoms with Crippen molar-refractivity contribution >= 4 is 0 Å². The lowest BCUT2D eigenvalue weighted by Gasteiger charge is -2.37. The second-order valence-electron chi connectivity index (χ2n) is 6.33. The fourth-order valence-corrected chi connectivity index (χ4v) is 3.14. The highest BCUT2D eigenvalue weighted by molar-refractivity contribution is 5.21. The number of nitrogens with zero attached hydrogens (tertiary/aromatic N) is 1. The molecule has 1 N–H and O–H groups in total. The van der Waals surface area contributed by atoms with E-state index in [0.29, 0.717) is 12.0 Å². The van der Waals surface area contributed by atoms with E-state index in [1.54, 1.807) is 6.07 Å². The first-order chi connectivity index (χ1) is 9.99. The Hall–Kier alpha value is -1.00. The molecule has 0 radical (unpaired) electrons. The smallest absolute Gasteiger partial charge is 0.159 e. The maximum Gasteiger partial charge on any atom is 0.159 e. The molecule has 118 valence electrons. The Bertz CT molecular complexity index is 456. The van der Waals surface area contributed by atoms with E-state index in [0.717, 1.165) is 25.2 Å². The summed E-state index contributed by atoms with van der Waals surface area (Å²) in [6, 6.07) is 4.72. The van der Waals surface area contributed by atoms with Crippen molar-refractivity contribution in [3.8, 4) is 0 Å². The van der Waals surface area contributed by atoms with Crippen LogP contribution >= 0.6 is 0 Å². The number of hydrogen-bond acceptors (Lipinski definition) is 2. The van der Waals surface area contributed by atoms with Gasteiger partial charge in [-0.25, -0.2) is 8.78 Å². The van der Waals surface area contributed by atoms with E-state index in [2.05, 4.69) is 31.0 Å². The predicted octanol–water partition coefficient (Wildman–Crippen LogP) is 3.74.